The smallest absolute Gasteiger partial charge is 0.131 e. The van der Waals surface area contributed by atoms with Crippen LogP contribution in [-0.4, -0.2) is 31.2 Å². The van der Waals surface area contributed by atoms with Crippen molar-refractivity contribution in [3.8, 4) is 0 Å². The first-order valence-corrected chi connectivity index (χ1v) is 5.86. The fourth-order valence-electron chi connectivity index (χ4n) is 2.05. The first kappa shape index (κ1) is 11.4. The number of rotatable bonds is 2. The van der Waals surface area contributed by atoms with Crippen molar-refractivity contribution in [1.82, 2.24) is 10.3 Å². The number of nitrogens with zero attached hydrogens (tertiary/aromatic N) is 2. The zero-order valence-electron chi connectivity index (χ0n) is 10.0. The maximum Gasteiger partial charge on any atom is 0.131 e. The van der Waals surface area contributed by atoms with Crippen LogP contribution in [0, 0.1) is 6.92 Å². The molecule has 1 atom stereocenters. The van der Waals surface area contributed by atoms with Crippen LogP contribution in [0.15, 0.2) is 12.3 Å². The molecule has 1 unspecified atom stereocenters. The molecule has 0 bridgehead atoms. The predicted octanol–water partition coefficient (Wildman–Crippen LogP) is 0.819. The molecule has 0 aromatic carbocycles. The largest absolute Gasteiger partial charge is 0.354 e. The van der Waals surface area contributed by atoms with Gasteiger partial charge in [-0.1, -0.05) is 0 Å². The molecule has 1 aliphatic rings. The number of anilines is 1. The summed E-state index contributed by atoms with van der Waals surface area (Å²) in [7, 11) is 0. The molecule has 1 saturated heterocycles. The van der Waals surface area contributed by atoms with Crippen molar-refractivity contribution in [2.45, 2.75) is 19.9 Å². The number of piperazine rings is 1. The van der Waals surface area contributed by atoms with Gasteiger partial charge in [-0.05, 0) is 31.0 Å². The van der Waals surface area contributed by atoms with Gasteiger partial charge in [-0.3, -0.25) is 0 Å². The lowest BCUT2D eigenvalue weighted by Gasteiger charge is -2.29. The zero-order chi connectivity index (χ0) is 11.5. The summed E-state index contributed by atoms with van der Waals surface area (Å²) in [5.74, 6) is 1.10. The quantitative estimate of drug-likeness (QED) is 0.775. The Bertz CT molecular complexity index is 356. The number of nitrogens with one attached hydrogen (secondary N) is 1. The van der Waals surface area contributed by atoms with E-state index in [1.165, 1.54) is 5.56 Å². The van der Waals surface area contributed by atoms with E-state index in [0.29, 0.717) is 0 Å². The molecule has 4 nitrogen and oxygen atoms in total. The fraction of sp³-hybridized carbons (Fsp3) is 0.583. The molecule has 0 spiro atoms. The number of aromatic nitrogens is 1. The standard InChI is InChI=1S/C12H20N4/c1-9-7-11(10(2)13)8-15-12(9)16-5-3-14-4-6-16/h7-8,10,14H,3-6,13H2,1-2H3. The van der Waals surface area contributed by atoms with Gasteiger partial charge in [-0.25, -0.2) is 4.98 Å². The van der Waals surface area contributed by atoms with Crippen LogP contribution in [0.1, 0.15) is 24.1 Å². The molecule has 16 heavy (non-hydrogen) atoms. The summed E-state index contributed by atoms with van der Waals surface area (Å²) in [6.07, 6.45) is 1.90. The van der Waals surface area contributed by atoms with E-state index in [0.717, 1.165) is 37.6 Å². The second-order valence-electron chi connectivity index (χ2n) is 4.43. The van der Waals surface area contributed by atoms with E-state index in [-0.39, 0.29) is 6.04 Å². The van der Waals surface area contributed by atoms with E-state index in [2.05, 4.69) is 28.2 Å². The maximum atomic E-state index is 5.85. The highest BCUT2D eigenvalue weighted by molar-refractivity contribution is 5.48. The molecular weight excluding hydrogens is 200 g/mol. The van der Waals surface area contributed by atoms with Crippen molar-refractivity contribution in [1.29, 1.82) is 0 Å². The summed E-state index contributed by atoms with van der Waals surface area (Å²) in [5, 5.41) is 3.34. The SMILES string of the molecule is Cc1cc(C(C)N)cnc1N1CCNCC1. The molecule has 3 N–H and O–H groups in total. The van der Waals surface area contributed by atoms with Crippen LogP contribution in [0.25, 0.3) is 0 Å². The van der Waals surface area contributed by atoms with Gasteiger partial charge >= 0.3 is 0 Å². The summed E-state index contributed by atoms with van der Waals surface area (Å²) < 4.78 is 0. The van der Waals surface area contributed by atoms with Crippen LogP contribution in [0.5, 0.6) is 0 Å². The van der Waals surface area contributed by atoms with E-state index in [9.17, 15) is 0 Å². The van der Waals surface area contributed by atoms with Crippen molar-refractivity contribution in [3.05, 3.63) is 23.4 Å². The van der Waals surface area contributed by atoms with Gasteiger partial charge in [0, 0.05) is 38.4 Å². The summed E-state index contributed by atoms with van der Waals surface area (Å²) in [6.45, 7) is 8.24. The lowest BCUT2D eigenvalue weighted by atomic mass is 10.1. The fourth-order valence-corrected chi connectivity index (χ4v) is 2.05. The second-order valence-corrected chi connectivity index (χ2v) is 4.43. The van der Waals surface area contributed by atoms with Crippen molar-refractivity contribution in [3.63, 3.8) is 0 Å². The van der Waals surface area contributed by atoms with Gasteiger partial charge in [-0.2, -0.15) is 0 Å². The van der Waals surface area contributed by atoms with E-state index < -0.39 is 0 Å². The summed E-state index contributed by atoms with van der Waals surface area (Å²) >= 11 is 0. The van der Waals surface area contributed by atoms with Gasteiger partial charge in [0.1, 0.15) is 5.82 Å². The second kappa shape index (κ2) is 4.80. The molecule has 0 saturated carbocycles. The normalized spacial score (nSPS) is 18.6. The molecule has 88 valence electrons. The van der Waals surface area contributed by atoms with Crippen molar-refractivity contribution in [2.75, 3.05) is 31.1 Å². The van der Waals surface area contributed by atoms with Crippen LogP contribution in [0.3, 0.4) is 0 Å². The molecule has 2 heterocycles. The number of hydrogen-bond donors (Lipinski definition) is 2. The van der Waals surface area contributed by atoms with Gasteiger partial charge < -0.3 is 16.0 Å². The molecule has 1 aromatic rings. The number of aryl methyl sites for hydroxylation is 1. The van der Waals surface area contributed by atoms with Crippen LogP contribution in [0.4, 0.5) is 5.82 Å². The van der Waals surface area contributed by atoms with Crippen LogP contribution >= 0.6 is 0 Å². The minimum atomic E-state index is 0.0586. The van der Waals surface area contributed by atoms with E-state index in [4.69, 9.17) is 5.73 Å². The van der Waals surface area contributed by atoms with E-state index >= 15 is 0 Å². The number of pyridine rings is 1. The maximum absolute atomic E-state index is 5.85. The van der Waals surface area contributed by atoms with Crippen molar-refractivity contribution in [2.24, 2.45) is 5.73 Å². The molecule has 0 amide bonds. The Morgan fingerprint density at radius 1 is 1.44 bits per heavy atom. The van der Waals surface area contributed by atoms with Crippen LogP contribution in [-0.2, 0) is 0 Å². The number of nitrogens with two attached hydrogens (primary N) is 1. The van der Waals surface area contributed by atoms with Crippen molar-refractivity contribution >= 4 is 5.82 Å². The van der Waals surface area contributed by atoms with Crippen LogP contribution < -0.4 is 16.0 Å². The highest BCUT2D eigenvalue weighted by Gasteiger charge is 2.14. The summed E-state index contributed by atoms with van der Waals surface area (Å²) in [6, 6.07) is 2.21. The Hall–Kier alpha value is -1.13. The average molecular weight is 220 g/mol. The Labute approximate surface area is 96.8 Å². The van der Waals surface area contributed by atoms with E-state index in [1.54, 1.807) is 0 Å². The minimum Gasteiger partial charge on any atom is -0.354 e. The van der Waals surface area contributed by atoms with Gasteiger partial charge in [0.15, 0.2) is 0 Å². The first-order valence-electron chi connectivity index (χ1n) is 5.86. The van der Waals surface area contributed by atoms with Gasteiger partial charge in [-0.15, -0.1) is 0 Å². The van der Waals surface area contributed by atoms with Crippen LogP contribution in [0.2, 0.25) is 0 Å². The Morgan fingerprint density at radius 3 is 2.69 bits per heavy atom. The molecule has 0 radical (unpaired) electrons. The molecule has 2 rings (SSSR count). The third-order valence-corrected chi connectivity index (χ3v) is 3.01. The Balaban J connectivity index is 2.21. The zero-order valence-corrected chi connectivity index (χ0v) is 10.0. The first-order chi connectivity index (χ1) is 7.68. The predicted molar refractivity (Wildman–Crippen MR) is 66.7 cm³/mol. The molecule has 1 aliphatic heterocycles. The molecule has 1 fully saturated rings. The lowest BCUT2D eigenvalue weighted by Crippen LogP contribution is -2.44. The molecule has 4 heteroatoms. The molecular formula is C12H20N4. The monoisotopic (exact) mass is 220 g/mol. The minimum absolute atomic E-state index is 0.0586. The van der Waals surface area contributed by atoms with Gasteiger partial charge in [0.05, 0.1) is 0 Å². The third kappa shape index (κ3) is 2.33. The topological polar surface area (TPSA) is 54.2 Å². The Morgan fingerprint density at radius 2 is 2.12 bits per heavy atom. The molecule has 0 aliphatic carbocycles. The average Bonchev–Trinajstić information content (AvgIpc) is 2.30. The molecule has 1 aromatic heterocycles. The van der Waals surface area contributed by atoms with Gasteiger partial charge in [0.2, 0.25) is 0 Å². The number of hydrogen-bond acceptors (Lipinski definition) is 4. The van der Waals surface area contributed by atoms with Crippen molar-refractivity contribution < 1.29 is 0 Å². The highest BCUT2D eigenvalue weighted by atomic mass is 15.2. The summed E-state index contributed by atoms with van der Waals surface area (Å²) in [5.41, 5.74) is 8.17. The third-order valence-electron chi connectivity index (χ3n) is 3.01. The van der Waals surface area contributed by atoms with Gasteiger partial charge in [0.25, 0.3) is 0 Å². The highest BCUT2D eigenvalue weighted by Crippen LogP contribution is 2.20. The summed E-state index contributed by atoms with van der Waals surface area (Å²) in [4.78, 5) is 6.87. The Kier molecular flexibility index (Phi) is 3.41. The lowest BCUT2D eigenvalue weighted by molar-refractivity contribution is 0.583. The van der Waals surface area contributed by atoms with E-state index in [1.807, 2.05) is 13.1 Å².